The maximum Gasteiger partial charge on any atom is 0.311 e. The number of ether oxygens (including phenoxy) is 1. The first-order chi connectivity index (χ1) is 9.49. The number of hydrogen-bond donors (Lipinski definition) is 3. The summed E-state index contributed by atoms with van der Waals surface area (Å²) in [6.07, 6.45) is 2.73. The SMILES string of the molecule is CC1(C(=O)NCC2(C(=O)O)CCOCC2)CCCNC1. The van der Waals surface area contributed by atoms with Gasteiger partial charge in [0.25, 0.3) is 0 Å². The van der Waals surface area contributed by atoms with E-state index < -0.39 is 16.8 Å². The highest BCUT2D eigenvalue weighted by molar-refractivity contribution is 5.83. The molecule has 2 fully saturated rings. The molecule has 2 aliphatic rings. The summed E-state index contributed by atoms with van der Waals surface area (Å²) in [5.41, 5.74) is -1.30. The number of nitrogens with one attached hydrogen (secondary N) is 2. The van der Waals surface area contributed by atoms with Crippen LogP contribution in [-0.4, -0.2) is 49.8 Å². The smallest absolute Gasteiger partial charge is 0.311 e. The first kappa shape index (κ1) is 15.3. The highest BCUT2D eigenvalue weighted by Gasteiger charge is 2.42. The van der Waals surface area contributed by atoms with Crippen molar-refractivity contribution >= 4 is 11.9 Å². The van der Waals surface area contributed by atoms with Gasteiger partial charge in [-0.1, -0.05) is 0 Å². The summed E-state index contributed by atoms with van der Waals surface area (Å²) >= 11 is 0. The van der Waals surface area contributed by atoms with E-state index >= 15 is 0 Å². The molecule has 0 aliphatic carbocycles. The van der Waals surface area contributed by atoms with Crippen molar-refractivity contribution < 1.29 is 19.4 Å². The van der Waals surface area contributed by atoms with Crippen molar-refractivity contribution in [2.45, 2.75) is 32.6 Å². The molecule has 6 nitrogen and oxygen atoms in total. The molecule has 0 radical (unpaired) electrons. The molecule has 20 heavy (non-hydrogen) atoms. The van der Waals surface area contributed by atoms with Gasteiger partial charge in [0.2, 0.25) is 5.91 Å². The quantitative estimate of drug-likeness (QED) is 0.694. The normalized spacial score (nSPS) is 29.6. The number of carbonyl (C=O) groups is 2. The van der Waals surface area contributed by atoms with Gasteiger partial charge in [-0.15, -0.1) is 0 Å². The average Bonchev–Trinajstić information content (AvgIpc) is 2.46. The number of carboxylic acid groups (broad SMARTS) is 1. The molecule has 1 atom stereocenters. The molecule has 0 bridgehead atoms. The Balaban J connectivity index is 1.95. The third-order valence-corrected chi connectivity index (χ3v) is 4.64. The van der Waals surface area contributed by atoms with E-state index in [1.807, 2.05) is 6.92 Å². The van der Waals surface area contributed by atoms with Crippen molar-refractivity contribution in [1.29, 1.82) is 0 Å². The van der Waals surface area contributed by atoms with Crippen molar-refractivity contribution in [3.05, 3.63) is 0 Å². The van der Waals surface area contributed by atoms with Crippen molar-refractivity contribution in [3.63, 3.8) is 0 Å². The third kappa shape index (κ3) is 3.12. The van der Waals surface area contributed by atoms with Gasteiger partial charge in [-0.3, -0.25) is 9.59 Å². The number of piperidine rings is 1. The Bertz CT molecular complexity index is 371. The number of carboxylic acids is 1. The van der Waals surface area contributed by atoms with Gasteiger partial charge in [0.1, 0.15) is 0 Å². The van der Waals surface area contributed by atoms with Crippen LogP contribution >= 0.6 is 0 Å². The molecule has 0 aromatic rings. The molecule has 6 heteroatoms. The van der Waals surface area contributed by atoms with E-state index in [0.29, 0.717) is 32.6 Å². The summed E-state index contributed by atoms with van der Waals surface area (Å²) in [6.45, 7) is 4.62. The molecule has 2 saturated heterocycles. The molecule has 2 heterocycles. The molecule has 0 saturated carbocycles. The summed E-state index contributed by atoms with van der Waals surface area (Å²) in [7, 11) is 0. The number of rotatable bonds is 4. The molecule has 114 valence electrons. The van der Waals surface area contributed by atoms with E-state index in [1.54, 1.807) is 0 Å². The Morgan fingerprint density at radius 3 is 2.55 bits per heavy atom. The van der Waals surface area contributed by atoms with Crippen LogP contribution in [-0.2, 0) is 14.3 Å². The predicted octanol–water partition coefficient (Wildman–Crippen LogP) is 0.374. The zero-order valence-electron chi connectivity index (χ0n) is 12.0. The summed E-state index contributed by atoms with van der Waals surface area (Å²) in [4.78, 5) is 23.9. The molecule has 0 aromatic heterocycles. The highest BCUT2D eigenvalue weighted by Crippen LogP contribution is 2.31. The van der Waals surface area contributed by atoms with E-state index in [1.165, 1.54) is 0 Å². The second-order valence-electron chi connectivity index (χ2n) is 6.22. The van der Waals surface area contributed by atoms with Gasteiger partial charge < -0.3 is 20.5 Å². The second-order valence-corrected chi connectivity index (χ2v) is 6.22. The molecule has 0 spiro atoms. The first-order valence-corrected chi connectivity index (χ1v) is 7.29. The summed E-state index contributed by atoms with van der Waals surface area (Å²) in [5, 5.41) is 15.6. The van der Waals surface area contributed by atoms with Crippen LogP contribution in [0.25, 0.3) is 0 Å². The van der Waals surface area contributed by atoms with Crippen LogP contribution in [0.15, 0.2) is 0 Å². The van der Waals surface area contributed by atoms with E-state index in [2.05, 4.69) is 10.6 Å². The maximum atomic E-state index is 12.4. The minimum absolute atomic E-state index is 0.0446. The van der Waals surface area contributed by atoms with Gasteiger partial charge in [0.15, 0.2) is 0 Å². The van der Waals surface area contributed by atoms with Crippen LogP contribution in [0.1, 0.15) is 32.6 Å². The van der Waals surface area contributed by atoms with E-state index in [4.69, 9.17) is 4.74 Å². The topological polar surface area (TPSA) is 87.7 Å². The van der Waals surface area contributed by atoms with Gasteiger partial charge >= 0.3 is 5.97 Å². The number of carbonyl (C=O) groups excluding carboxylic acids is 1. The second kappa shape index (κ2) is 6.10. The van der Waals surface area contributed by atoms with Gasteiger partial charge in [-0.25, -0.2) is 0 Å². The number of hydrogen-bond acceptors (Lipinski definition) is 4. The van der Waals surface area contributed by atoms with Crippen LogP contribution in [0, 0.1) is 10.8 Å². The zero-order valence-corrected chi connectivity index (χ0v) is 12.0. The fourth-order valence-corrected chi connectivity index (χ4v) is 2.94. The highest BCUT2D eigenvalue weighted by atomic mass is 16.5. The van der Waals surface area contributed by atoms with Crippen molar-refractivity contribution in [3.8, 4) is 0 Å². The van der Waals surface area contributed by atoms with Crippen LogP contribution in [0.5, 0.6) is 0 Å². The average molecular weight is 284 g/mol. The van der Waals surface area contributed by atoms with Gasteiger partial charge in [0.05, 0.1) is 10.8 Å². The van der Waals surface area contributed by atoms with Crippen molar-refractivity contribution in [2.24, 2.45) is 10.8 Å². The Hall–Kier alpha value is -1.14. The molecule has 2 rings (SSSR count). The van der Waals surface area contributed by atoms with Crippen LogP contribution < -0.4 is 10.6 Å². The van der Waals surface area contributed by atoms with Crippen LogP contribution in [0.2, 0.25) is 0 Å². The van der Waals surface area contributed by atoms with Crippen molar-refractivity contribution in [1.82, 2.24) is 10.6 Å². The number of amides is 1. The fraction of sp³-hybridized carbons (Fsp3) is 0.857. The fourth-order valence-electron chi connectivity index (χ4n) is 2.94. The Labute approximate surface area is 119 Å². The Morgan fingerprint density at radius 2 is 2.00 bits per heavy atom. The third-order valence-electron chi connectivity index (χ3n) is 4.64. The lowest BCUT2D eigenvalue weighted by Crippen LogP contribution is -2.53. The lowest BCUT2D eigenvalue weighted by Gasteiger charge is -2.36. The molecular weight excluding hydrogens is 260 g/mol. The Kier molecular flexibility index (Phi) is 4.65. The first-order valence-electron chi connectivity index (χ1n) is 7.29. The van der Waals surface area contributed by atoms with Gasteiger partial charge in [-0.05, 0) is 39.2 Å². The molecule has 1 unspecified atom stereocenters. The van der Waals surface area contributed by atoms with Crippen LogP contribution in [0.4, 0.5) is 0 Å². The zero-order chi connectivity index (χ0) is 14.6. The Morgan fingerprint density at radius 1 is 1.30 bits per heavy atom. The number of aliphatic carboxylic acids is 1. The van der Waals surface area contributed by atoms with E-state index in [0.717, 1.165) is 19.4 Å². The largest absolute Gasteiger partial charge is 0.481 e. The summed E-state index contributed by atoms with van der Waals surface area (Å²) in [6, 6.07) is 0. The monoisotopic (exact) mass is 284 g/mol. The molecular formula is C14H24N2O4. The minimum atomic E-state index is -0.869. The molecule has 2 aliphatic heterocycles. The molecule has 1 amide bonds. The molecule has 0 aromatic carbocycles. The van der Waals surface area contributed by atoms with E-state index in [-0.39, 0.29) is 12.5 Å². The van der Waals surface area contributed by atoms with E-state index in [9.17, 15) is 14.7 Å². The van der Waals surface area contributed by atoms with Gasteiger partial charge in [0, 0.05) is 26.3 Å². The standard InChI is InChI=1S/C14H24N2O4/c1-13(3-2-6-15-9-13)11(17)16-10-14(12(18)19)4-7-20-8-5-14/h15H,2-10H2,1H3,(H,16,17)(H,18,19). The lowest BCUT2D eigenvalue weighted by atomic mass is 9.78. The van der Waals surface area contributed by atoms with Gasteiger partial charge in [-0.2, -0.15) is 0 Å². The summed E-state index contributed by atoms with van der Waals surface area (Å²) < 4.78 is 5.23. The molecule has 3 N–H and O–H groups in total. The summed E-state index contributed by atoms with van der Waals surface area (Å²) in [5.74, 6) is -0.884. The minimum Gasteiger partial charge on any atom is -0.481 e. The van der Waals surface area contributed by atoms with Crippen LogP contribution in [0.3, 0.4) is 0 Å². The van der Waals surface area contributed by atoms with Crippen molar-refractivity contribution in [2.75, 3.05) is 32.8 Å². The predicted molar refractivity (Wildman–Crippen MR) is 73.3 cm³/mol. The maximum absolute atomic E-state index is 12.4. The lowest BCUT2D eigenvalue weighted by molar-refractivity contribution is -0.155.